The van der Waals surface area contributed by atoms with Gasteiger partial charge in [0, 0.05) is 5.75 Å². The summed E-state index contributed by atoms with van der Waals surface area (Å²) in [5.41, 5.74) is 4.06. The van der Waals surface area contributed by atoms with Gasteiger partial charge in [-0.2, -0.15) is 5.10 Å². The van der Waals surface area contributed by atoms with Gasteiger partial charge >= 0.3 is 6.03 Å². The number of hydrogen-bond donors (Lipinski definition) is 2. The molecule has 2 N–H and O–H groups in total. The first kappa shape index (κ1) is 19.9. The maximum Gasteiger partial charge on any atom is 0.345 e. The molecule has 6 nitrogen and oxygen atoms in total. The van der Waals surface area contributed by atoms with Crippen molar-refractivity contribution in [3.63, 3.8) is 0 Å². The number of rotatable bonds is 8. The molecule has 2 aromatic rings. The highest BCUT2D eigenvalue weighted by Gasteiger charge is 2.12. The van der Waals surface area contributed by atoms with E-state index in [4.69, 9.17) is 21.1 Å². The molecule has 2 aromatic carbocycles. The standard InChI is InChI=1S/C18H20ClN3O3S/c1-3-26-22-18(23)21-20-11-14-9-15(19)17(16(10-14)24-2)25-12-13-7-5-4-6-8-13/h4-11H,3,12H2,1-2H3,(H2,21,22,23)/b20-11+. The molecule has 0 spiro atoms. The molecule has 2 rings (SSSR count). The number of carbonyl (C=O) groups is 1. The highest BCUT2D eigenvalue weighted by atomic mass is 35.5. The monoisotopic (exact) mass is 393 g/mol. The number of ether oxygens (including phenoxy) is 2. The molecule has 0 unspecified atom stereocenters. The van der Waals surface area contributed by atoms with Crippen LogP contribution in [0, 0.1) is 0 Å². The van der Waals surface area contributed by atoms with Crippen LogP contribution in [0.4, 0.5) is 4.79 Å². The van der Waals surface area contributed by atoms with Crippen LogP contribution in [0.5, 0.6) is 11.5 Å². The maximum atomic E-state index is 11.4. The Morgan fingerprint density at radius 2 is 2.08 bits per heavy atom. The van der Waals surface area contributed by atoms with Gasteiger partial charge in [-0.1, -0.05) is 48.9 Å². The van der Waals surface area contributed by atoms with Crippen LogP contribution in [0.2, 0.25) is 5.02 Å². The van der Waals surface area contributed by atoms with Gasteiger partial charge in [0.05, 0.1) is 18.3 Å². The van der Waals surface area contributed by atoms with Crippen molar-refractivity contribution in [2.24, 2.45) is 5.10 Å². The topological polar surface area (TPSA) is 72.0 Å². The van der Waals surface area contributed by atoms with Crippen LogP contribution in [0.3, 0.4) is 0 Å². The Kier molecular flexibility index (Phi) is 8.11. The van der Waals surface area contributed by atoms with Crippen LogP contribution in [0.1, 0.15) is 18.1 Å². The SMILES string of the molecule is CCSNC(=O)N/N=C/c1cc(Cl)c(OCc2ccccc2)c(OC)c1. The van der Waals surface area contributed by atoms with E-state index in [2.05, 4.69) is 15.2 Å². The van der Waals surface area contributed by atoms with E-state index in [1.807, 2.05) is 37.3 Å². The van der Waals surface area contributed by atoms with Gasteiger partial charge in [0.25, 0.3) is 0 Å². The Balaban J connectivity index is 2.04. The van der Waals surface area contributed by atoms with Gasteiger partial charge in [0.1, 0.15) is 6.61 Å². The summed E-state index contributed by atoms with van der Waals surface area (Å²) >= 11 is 7.60. The van der Waals surface area contributed by atoms with E-state index in [1.165, 1.54) is 25.3 Å². The number of methoxy groups -OCH3 is 1. The molecule has 0 aliphatic rings. The summed E-state index contributed by atoms with van der Waals surface area (Å²) < 4.78 is 13.7. The molecule has 26 heavy (non-hydrogen) atoms. The lowest BCUT2D eigenvalue weighted by Gasteiger charge is -2.13. The second kappa shape index (κ2) is 10.6. The maximum absolute atomic E-state index is 11.4. The van der Waals surface area contributed by atoms with Gasteiger partial charge in [0.2, 0.25) is 0 Å². The summed E-state index contributed by atoms with van der Waals surface area (Å²) in [4.78, 5) is 11.4. The zero-order valence-electron chi connectivity index (χ0n) is 14.5. The molecule has 0 bridgehead atoms. The summed E-state index contributed by atoms with van der Waals surface area (Å²) in [5.74, 6) is 1.72. The molecule has 0 atom stereocenters. The highest BCUT2D eigenvalue weighted by Crippen LogP contribution is 2.36. The zero-order valence-corrected chi connectivity index (χ0v) is 16.1. The number of benzene rings is 2. The lowest BCUT2D eigenvalue weighted by molar-refractivity contribution is 0.247. The summed E-state index contributed by atoms with van der Waals surface area (Å²) in [7, 11) is 1.54. The first-order valence-electron chi connectivity index (χ1n) is 7.89. The number of halogens is 1. The summed E-state index contributed by atoms with van der Waals surface area (Å²) in [6, 6.07) is 12.8. The third kappa shape index (κ3) is 6.16. The van der Waals surface area contributed by atoms with E-state index < -0.39 is 6.03 Å². The van der Waals surface area contributed by atoms with Crippen LogP contribution >= 0.6 is 23.5 Å². The number of amides is 2. The largest absolute Gasteiger partial charge is 0.493 e. The predicted octanol–water partition coefficient (Wildman–Crippen LogP) is 4.23. The number of carbonyl (C=O) groups excluding carboxylic acids is 1. The molecule has 2 amide bonds. The molecule has 138 valence electrons. The number of nitrogens with one attached hydrogen (secondary N) is 2. The molecular weight excluding hydrogens is 374 g/mol. The van der Waals surface area contributed by atoms with Gasteiger partial charge in [0.15, 0.2) is 11.5 Å². The minimum absolute atomic E-state index is 0.376. The van der Waals surface area contributed by atoms with Gasteiger partial charge < -0.3 is 9.47 Å². The van der Waals surface area contributed by atoms with Gasteiger partial charge in [-0.25, -0.2) is 10.2 Å². The molecule has 0 saturated heterocycles. The van der Waals surface area contributed by atoms with Crippen molar-refractivity contribution in [2.75, 3.05) is 12.9 Å². The van der Waals surface area contributed by atoms with E-state index in [1.54, 1.807) is 12.1 Å². The van der Waals surface area contributed by atoms with Crippen molar-refractivity contribution in [1.29, 1.82) is 0 Å². The van der Waals surface area contributed by atoms with Gasteiger partial charge in [-0.05, 0) is 35.2 Å². The lowest BCUT2D eigenvalue weighted by atomic mass is 10.2. The Morgan fingerprint density at radius 1 is 1.31 bits per heavy atom. The molecular formula is C18H20ClN3O3S. The molecule has 0 saturated carbocycles. The van der Waals surface area contributed by atoms with E-state index in [-0.39, 0.29) is 0 Å². The second-order valence-corrected chi connectivity index (χ2v) is 6.52. The fraction of sp³-hybridized carbons (Fsp3) is 0.222. The predicted molar refractivity (Wildman–Crippen MR) is 106 cm³/mol. The summed E-state index contributed by atoms with van der Waals surface area (Å²) in [6.07, 6.45) is 1.48. The van der Waals surface area contributed by atoms with Crippen LogP contribution < -0.4 is 19.6 Å². The fourth-order valence-electron chi connectivity index (χ4n) is 2.01. The van der Waals surface area contributed by atoms with Gasteiger partial charge in [-0.3, -0.25) is 4.72 Å². The lowest BCUT2D eigenvalue weighted by Crippen LogP contribution is -2.27. The van der Waals surface area contributed by atoms with E-state index in [9.17, 15) is 4.79 Å². The minimum Gasteiger partial charge on any atom is -0.493 e. The number of hydrogen-bond acceptors (Lipinski definition) is 5. The zero-order chi connectivity index (χ0) is 18.8. The molecule has 0 aromatic heterocycles. The molecule has 0 aliphatic carbocycles. The molecule has 0 fully saturated rings. The van der Waals surface area contributed by atoms with Crippen LogP contribution in [0.15, 0.2) is 47.6 Å². The Labute approximate surface area is 162 Å². The van der Waals surface area contributed by atoms with Crippen molar-refractivity contribution in [3.05, 3.63) is 58.6 Å². The fourth-order valence-corrected chi connectivity index (χ4v) is 2.60. The first-order valence-corrected chi connectivity index (χ1v) is 9.25. The molecule has 0 heterocycles. The summed E-state index contributed by atoms with van der Waals surface area (Å²) in [6.45, 7) is 2.31. The number of urea groups is 1. The molecule has 0 aliphatic heterocycles. The minimum atomic E-state index is -0.394. The van der Waals surface area contributed by atoms with Crippen molar-refractivity contribution in [2.45, 2.75) is 13.5 Å². The van der Waals surface area contributed by atoms with Crippen LogP contribution in [-0.2, 0) is 6.61 Å². The second-order valence-electron chi connectivity index (χ2n) is 5.04. The Hall–Kier alpha value is -2.38. The third-order valence-electron chi connectivity index (χ3n) is 3.17. The smallest absolute Gasteiger partial charge is 0.345 e. The van der Waals surface area contributed by atoms with Crippen molar-refractivity contribution in [1.82, 2.24) is 10.1 Å². The Bertz CT molecular complexity index is 757. The summed E-state index contributed by atoms with van der Waals surface area (Å²) in [5, 5.41) is 4.27. The van der Waals surface area contributed by atoms with E-state index in [0.717, 1.165) is 11.3 Å². The average molecular weight is 394 g/mol. The van der Waals surface area contributed by atoms with Crippen molar-refractivity contribution >= 4 is 35.8 Å². The van der Waals surface area contributed by atoms with E-state index in [0.29, 0.717) is 28.7 Å². The number of hydrazone groups is 1. The Morgan fingerprint density at radius 3 is 2.77 bits per heavy atom. The highest BCUT2D eigenvalue weighted by molar-refractivity contribution is 7.97. The number of nitrogens with zero attached hydrogens (tertiary/aromatic N) is 1. The first-order chi connectivity index (χ1) is 12.6. The van der Waals surface area contributed by atoms with Crippen molar-refractivity contribution in [3.8, 4) is 11.5 Å². The average Bonchev–Trinajstić information content (AvgIpc) is 2.66. The van der Waals surface area contributed by atoms with Gasteiger partial charge in [-0.15, -0.1) is 0 Å². The molecule has 0 radical (unpaired) electrons. The van der Waals surface area contributed by atoms with Crippen LogP contribution in [0.25, 0.3) is 0 Å². The quantitative estimate of drug-likeness (QED) is 0.400. The molecule has 8 heteroatoms. The van der Waals surface area contributed by atoms with Crippen molar-refractivity contribution < 1.29 is 14.3 Å². The van der Waals surface area contributed by atoms with Crippen LogP contribution in [-0.4, -0.2) is 25.1 Å². The third-order valence-corrected chi connectivity index (χ3v) is 4.07. The normalized spacial score (nSPS) is 10.6. The van der Waals surface area contributed by atoms with E-state index >= 15 is 0 Å².